The van der Waals surface area contributed by atoms with Crippen molar-refractivity contribution < 1.29 is 13.2 Å². The average Bonchev–Trinajstić information content (AvgIpc) is 2.46. The molecule has 2 aromatic rings. The monoisotopic (exact) mass is 320 g/mol. The van der Waals surface area contributed by atoms with Crippen molar-refractivity contribution in [3.63, 3.8) is 0 Å². The number of hydrogen-bond donors (Lipinski definition) is 1. The molecule has 0 atom stereocenters. The fraction of sp³-hybridized carbons (Fsp3) is 0.312. The lowest BCUT2D eigenvalue weighted by molar-refractivity contribution is 0.230. The smallest absolute Gasteiger partial charge is 0.218 e. The quantitative estimate of drug-likeness (QED) is 0.851. The van der Waals surface area contributed by atoms with Crippen LogP contribution in [0, 0.1) is 0 Å². The first-order valence-corrected chi connectivity index (χ1v) is 8.73. The molecule has 2 rings (SSSR count). The third-order valence-corrected chi connectivity index (χ3v) is 4.18. The summed E-state index contributed by atoms with van der Waals surface area (Å²) < 4.78 is 32.4. The van der Waals surface area contributed by atoms with Gasteiger partial charge in [-0.15, -0.1) is 0 Å². The van der Waals surface area contributed by atoms with Crippen LogP contribution in [0.2, 0.25) is 0 Å². The van der Waals surface area contributed by atoms with Crippen LogP contribution in [0.1, 0.15) is 25.0 Å². The first-order chi connectivity index (χ1) is 10.5. The van der Waals surface area contributed by atoms with Gasteiger partial charge < -0.3 is 4.74 Å². The van der Waals surface area contributed by atoms with Gasteiger partial charge in [0.05, 0.1) is 11.9 Å². The summed E-state index contributed by atoms with van der Waals surface area (Å²) in [6, 6.07) is 12.6. The van der Waals surface area contributed by atoms with Crippen LogP contribution in [-0.4, -0.2) is 19.5 Å². The maximum atomic E-state index is 12.1. The van der Waals surface area contributed by atoms with Crippen LogP contribution >= 0.6 is 0 Å². The van der Waals surface area contributed by atoms with Crippen LogP contribution in [0.4, 0.5) is 0 Å². The van der Waals surface area contributed by atoms with Crippen molar-refractivity contribution in [2.45, 2.75) is 32.2 Å². The fourth-order valence-electron chi connectivity index (χ4n) is 1.92. The maximum Gasteiger partial charge on any atom is 0.218 e. The second-order valence-electron chi connectivity index (χ2n) is 5.20. The molecule has 0 aliphatic heterocycles. The molecule has 118 valence electrons. The van der Waals surface area contributed by atoms with Gasteiger partial charge in [0.1, 0.15) is 0 Å². The molecule has 0 amide bonds. The van der Waals surface area contributed by atoms with Crippen molar-refractivity contribution in [2.24, 2.45) is 0 Å². The van der Waals surface area contributed by atoms with Crippen molar-refractivity contribution in [2.75, 3.05) is 0 Å². The van der Waals surface area contributed by atoms with E-state index in [0.717, 1.165) is 5.56 Å². The third-order valence-electron chi connectivity index (χ3n) is 2.88. The summed E-state index contributed by atoms with van der Waals surface area (Å²) in [6.45, 7) is 3.96. The number of hydrogen-bond acceptors (Lipinski definition) is 4. The van der Waals surface area contributed by atoms with E-state index in [1.54, 1.807) is 30.5 Å². The highest BCUT2D eigenvalue weighted by atomic mass is 32.2. The number of pyridine rings is 1. The Morgan fingerprint density at radius 2 is 1.86 bits per heavy atom. The normalized spacial score (nSPS) is 11.6. The molecule has 6 heteroatoms. The number of nitrogens with one attached hydrogen (secondary N) is 1. The summed E-state index contributed by atoms with van der Waals surface area (Å²) in [5.74, 6) is 0.411. The highest BCUT2D eigenvalue weighted by Crippen LogP contribution is 2.16. The van der Waals surface area contributed by atoms with E-state index in [1.165, 1.54) is 0 Å². The van der Waals surface area contributed by atoms with Gasteiger partial charge in [0.15, 0.2) is 0 Å². The van der Waals surface area contributed by atoms with E-state index in [-0.39, 0.29) is 18.4 Å². The number of rotatable bonds is 7. The lowest BCUT2D eigenvalue weighted by atomic mass is 10.2. The summed E-state index contributed by atoms with van der Waals surface area (Å²) in [5.41, 5.74) is 1.47. The first kappa shape index (κ1) is 16.5. The second kappa shape index (κ2) is 7.38. The third kappa shape index (κ3) is 5.13. The summed E-state index contributed by atoms with van der Waals surface area (Å²) in [6.07, 6.45) is 1.61. The molecule has 0 bridgehead atoms. The van der Waals surface area contributed by atoms with E-state index < -0.39 is 10.0 Å². The van der Waals surface area contributed by atoms with Crippen molar-refractivity contribution in [1.82, 2.24) is 9.71 Å². The molecule has 22 heavy (non-hydrogen) atoms. The van der Waals surface area contributed by atoms with E-state index in [2.05, 4.69) is 9.71 Å². The van der Waals surface area contributed by atoms with Gasteiger partial charge in [-0.05, 0) is 25.5 Å². The van der Waals surface area contributed by atoms with Gasteiger partial charge in [0.2, 0.25) is 15.9 Å². The van der Waals surface area contributed by atoms with Crippen molar-refractivity contribution in [3.05, 3.63) is 59.8 Å². The number of benzene rings is 1. The fourth-order valence-corrected chi connectivity index (χ4v) is 3.03. The molecule has 0 aliphatic carbocycles. The average molecular weight is 320 g/mol. The molecule has 1 aromatic heterocycles. The van der Waals surface area contributed by atoms with Gasteiger partial charge in [-0.25, -0.2) is 18.1 Å². The Balaban J connectivity index is 2.03. The van der Waals surface area contributed by atoms with Gasteiger partial charge in [0.25, 0.3) is 0 Å². The van der Waals surface area contributed by atoms with Crippen LogP contribution in [0.3, 0.4) is 0 Å². The summed E-state index contributed by atoms with van der Waals surface area (Å²) in [7, 11) is -3.41. The molecule has 0 saturated heterocycles. The minimum absolute atomic E-state index is 0.0189. The zero-order valence-corrected chi connectivity index (χ0v) is 13.5. The molecule has 1 aromatic carbocycles. The van der Waals surface area contributed by atoms with Gasteiger partial charge in [-0.3, -0.25) is 0 Å². The predicted molar refractivity (Wildman–Crippen MR) is 85.9 cm³/mol. The summed E-state index contributed by atoms with van der Waals surface area (Å²) >= 11 is 0. The standard InChI is InChI=1S/C16H20N2O3S/c1-13(2)21-16-15(9-6-10-17-16)11-18-22(19,20)12-14-7-4-3-5-8-14/h3-10,13,18H,11-12H2,1-2H3. The molecule has 0 aliphatic rings. The zero-order chi connectivity index (χ0) is 16.0. The molecule has 0 fully saturated rings. The minimum Gasteiger partial charge on any atom is -0.475 e. The van der Waals surface area contributed by atoms with Crippen LogP contribution in [0.5, 0.6) is 5.88 Å². The van der Waals surface area contributed by atoms with E-state index >= 15 is 0 Å². The predicted octanol–water partition coefficient (Wildman–Crippen LogP) is 2.49. The lowest BCUT2D eigenvalue weighted by Crippen LogP contribution is -2.25. The van der Waals surface area contributed by atoms with E-state index in [0.29, 0.717) is 11.4 Å². The van der Waals surface area contributed by atoms with Gasteiger partial charge in [0, 0.05) is 18.3 Å². The highest BCUT2D eigenvalue weighted by Gasteiger charge is 2.13. The molecular weight excluding hydrogens is 300 g/mol. The Hall–Kier alpha value is -1.92. The molecular formula is C16H20N2O3S. The van der Waals surface area contributed by atoms with E-state index in [1.807, 2.05) is 32.0 Å². The number of aromatic nitrogens is 1. The number of nitrogens with zero attached hydrogens (tertiary/aromatic N) is 1. The molecule has 0 unspecified atom stereocenters. The maximum absolute atomic E-state index is 12.1. The van der Waals surface area contributed by atoms with Gasteiger partial charge in [-0.1, -0.05) is 36.4 Å². The SMILES string of the molecule is CC(C)Oc1ncccc1CNS(=O)(=O)Cc1ccccc1. The summed E-state index contributed by atoms with van der Waals surface area (Å²) in [5, 5.41) is 0. The first-order valence-electron chi connectivity index (χ1n) is 7.08. The lowest BCUT2D eigenvalue weighted by Gasteiger charge is -2.13. The number of sulfonamides is 1. The van der Waals surface area contributed by atoms with Crippen LogP contribution < -0.4 is 9.46 Å². The summed E-state index contributed by atoms with van der Waals surface area (Å²) in [4.78, 5) is 4.15. The Labute approximate surface area is 131 Å². The van der Waals surface area contributed by atoms with Crippen molar-refractivity contribution >= 4 is 10.0 Å². The van der Waals surface area contributed by atoms with E-state index in [9.17, 15) is 8.42 Å². The Morgan fingerprint density at radius 3 is 2.55 bits per heavy atom. The van der Waals surface area contributed by atoms with Crippen LogP contribution in [0.25, 0.3) is 0 Å². The molecule has 1 heterocycles. The van der Waals surface area contributed by atoms with Crippen molar-refractivity contribution in [1.29, 1.82) is 0 Å². The van der Waals surface area contributed by atoms with Gasteiger partial charge in [-0.2, -0.15) is 0 Å². The van der Waals surface area contributed by atoms with Crippen LogP contribution in [0.15, 0.2) is 48.7 Å². The second-order valence-corrected chi connectivity index (χ2v) is 7.01. The molecule has 5 nitrogen and oxygen atoms in total. The highest BCUT2D eigenvalue weighted by molar-refractivity contribution is 7.88. The number of ether oxygens (including phenoxy) is 1. The Bertz CT molecular complexity index is 700. The Morgan fingerprint density at radius 1 is 1.14 bits per heavy atom. The molecule has 0 radical (unpaired) electrons. The zero-order valence-electron chi connectivity index (χ0n) is 12.7. The van der Waals surface area contributed by atoms with Gasteiger partial charge >= 0.3 is 0 Å². The van der Waals surface area contributed by atoms with E-state index in [4.69, 9.17) is 4.74 Å². The largest absolute Gasteiger partial charge is 0.475 e. The Kier molecular flexibility index (Phi) is 5.51. The topological polar surface area (TPSA) is 68.3 Å². The molecule has 1 N–H and O–H groups in total. The van der Waals surface area contributed by atoms with Crippen molar-refractivity contribution in [3.8, 4) is 5.88 Å². The molecule has 0 spiro atoms. The molecule has 0 saturated carbocycles. The minimum atomic E-state index is -3.41. The van der Waals surface area contributed by atoms with Crippen LogP contribution in [-0.2, 0) is 22.3 Å².